The molecule has 0 aliphatic rings. The molecule has 1 aromatic carbocycles. The van der Waals surface area contributed by atoms with Gasteiger partial charge in [-0.25, -0.2) is 0 Å². The van der Waals surface area contributed by atoms with Crippen molar-refractivity contribution >= 4 is 11.4 Å². The van der Waals surface area contributed by atoms with E-state index in [4.69, 9.17) is 5.26 Å². The van der Waals surface area contributed by atoms with Gasteiger partial charge in [-0.1, -0.05) is 0 Å². The van der Waals surface area contributed by atoms with Crippen molar-refractivity contribution in [2.24, 2.45) is 7.05 Å². The van der Waals surface area contributed by atoms with Gasteiger partial charge in [0.1, 0.15) is 11.8 Å². The van der Waals surface area contributed by atoms with Crippen LogP contribution < -0.4 is 10.2 Å². The van der Waals surface area contributed by atoms with Gasteiger partial charge < -0.3 is 14.8 Å². The van der Waals surface area contributed by atoms with E-state index in [9.17, 15) is 0 Å². The SMILES string of the molecule is Cc1cc(N(C)C)ccc1NCc1cc(C#N)n(C)c1. The van der Waals surface area contributed by atoms with Gasteiger partial charge in [0, 0.05) is 45.3 Å². The molecule has 1 aromatic heterocycles. The summed E-state index contributed by atoms with van der Waals surface area (Å²) in [4.78, 5) is 2.09. The maximum Gasteiger partial charge on any atom is 0.120 e. The molecule has 2 rings (SSSR count). The standard InChI is InChI=1S/C16H20N4/c1-12-7-14(19(2)3)5-6-16(12)18-10-13-8-15(9-17)20(4)11-13/h5-8,11,18H,10H2,1-4H3. The second-order valence-electron chi connectivity index (χ2n) is 5.20. The van der Waals surface area contributed by atoms with Crippen LogP contribution in [0.3, 0.4) is 0 Å². The van der Waals surface area contributed by atoms with Crippen LogP contribution in [0.4, 0.5) is 11.4 Å². The molecule has 0 aliphatic carbocycles. The molecule has 4 heteroatoms. The van der Waals surface area contributed by atoms with E-state index < -0.39 is 0 Å². The lowest BCUT2D eigenvalue weighted by Gasteiger charge is -2.15. The topological polar surface area (TPSA) is 44.0 Å². The van der Waals surface area contributed by atoms with E-state index in [1.807, 2.05) is 38.0 Å². The number of benzene rings is 1. The lowest BCUT2D eigenvalue weighted by molar-refractivity contribution is 0.902. The summed E-state index contributed by atoms with van der Waals surface area (Å²) in [5.74, 6) is 0. The third-order valence-corrected chi connectivity index (χ3v) is 3.39. The van der Waals surface area contributed by atoms with E-state index in [2.05, 4.69) is 41.4 Å². The van der Waals surface area contributed by atoms with Crippen molar-refractivity contribution in [3.63, 3.8) is 0 Å². The van der Waals surface area contributed by atoms with Crippen LogP contribution in [0.5, 0.6) is 0 Å². The van der Waals surface area contributed by atoms with Gasteiger partial charge in [0.25, 0.3) is 0 Å². The number of rotatable bonds is 4. The third kappa shape index (κ3) is 2.94. The van der Waals surface area contributed by atoms with Crippen molar-refractivity contribution in [3.8, 4) is 6.07 Å². The van der Waals surface area contributed by atoms with Crippen LogP contribution in [0.15, 0.2) is 30.5 Å². The van der Waals surface area contributed by atoms with Crippen LogP contribution in [0, 0.1) is 18.3 Å². The largest absolute Gasteiger partial charge is 0.381 e. The second-order valence-corrected chi connectivity index (χ2v) is 5.20. The summed E-state index contributed by atoms with van der Waals surface area (Å²) in [5.41, 5.74) is 5.33. The van der Waals surface area contributed by atoms with Gasteiger partial charge in [-0.05, 0) is 42.3 Å². The van der Waals surface area contributed by atoms with Crippen molar-refractivity contribution < 1.29 is 0 Å². The summed E-state index contributed by atoms with van der Waals surface area (Å²) in [5, 5.41) is 12.4. The number of hydrogen-bond donors (Lipinski definition) is 1. The number of aryl methyl sites for hydroxylation is 2. The summed E-state index contributed by atoms with van der Waals surface area (Å²) in [6.07, 6.45) is 1.98. The summed E-state index contributed by atoms with van der Waals surface area (Å²) in [6, 6.07) is 10.4. The molecule has 0 saturated heterocycles. The molecule has 1 heterocycles. The minimum absolute atomic E-state index is 0.682. The number of aromatic nitrogens is 1. The molecular weight excluding hydrogens is 248 g/mol. The summed E-state index contributed by atoms with van der Waals surface area (Å²) >= 11 is 0. The molecule has 0 amide bonds. The fourth-order valence-electron chi connectivity index (χ4n) is 2.16. The highest BCUT2D eigenvalue weighted by atomic mass is 15.1. The number of hydrogen-bond acceptors (Lipinski definition) is 3. The fourth-order valence-corrected chi connectivity index (χ4v) is 2.16. The Balaban J connectivity index is 2.09. The highest BCUT2D eigenvalue weighted by Crippen LogP contribution is 2.22. The highest BCUT2D eigenvalue weighted by Gasteiger charge is 2.04. The van der Waals surface area contributed by atoms with Crippen LogP contribution in [0.2, 0.25) is 0 Å². The van der Waals surface area contributed by atoms with Crippen LogP contribution in [0.1, 0.15) is 16.8 Å². The van der Waals surface area contributed by atoms with E-state index in [0.29, 0.717) is 5.69 Å². The molecule has 0 bridgehead atoms. The fraction of sp³-hybridized carbons (Fsp3) is 0.312. The van der Waals surface area contributed by atoms with Gasteiger partial charge in [0.05, 0.1) is 0 Å². The predicted octanol–water partition coefficient (Wildman–Crippen LogP) is 2.88. The van der Waals surface area contributed by atoms with E-state index in [-0.39, 0.29) is 0 Å². The zero-order valence-electron chi connectivity index (χ0n) is 12.4. The summed E-state index contributed by atoms with van der Waals surface area (Å²) in [6.45, 7) is 2.82. The number of nitrogens with one attached hydrogen (secondary N) is 1. The van der Waals surface area contributed by atoms with Crippen molar-refractivity contribution in [1.29, 1.82) is 5.26 Å². The van der Waals surface area contributed by atoms with Gasteiger partial charge >= 0.3 is 0 Å². The van der Waals surface area contributed by atoms with Crippen LogP contribution in [0.25, 0.3) is 0 Å². The van der Waals surface area contributed by atoms with E-state index >= 15 is 0 Å². The normalized spacial score (nSPS) is 10.2. The Bertz CT molecular complexity index is 647. The maximum absolute atomic E-state index is 8.95. The van der Waals surface area contributed by atoms with Crippen LogP contribution in [-0.2, 0) is 13.6 Å². The smallest absolute Gasteiger partial charge is 0.120 e. The van der Waals surface area contributed by atoms with E-state index in [1.165, 1.54) is 11.3 Å². The highest BCUT2D eigenvalue weighted by molar-refractivity contribution is 5.59. The molecule has 1 N–H and O–H groups in total. The van der Waals surface area contributed by atoms with Gasteiger partial charge in [-0.3, -0.25) is 0 Å². The van der Waals surface area contributed by atoms with Gasteiger partial charge in [0.2, 0.25) is 0 Å². The zero-order chi connectivity index (χ0) is 14.7. The molecule has 0 unspecified atom stereocenters. The Morgan fingerprint density at radius 3 is 2.60 bits per heavy atom. The van der Waals surface area contributed by atoms with E-state index in [1.54, 1.807) is 0 Å². The third-order valence-electron chi connectivity index (χ3n) is 3.39. The molecule has 0 aliphatic heterocycles. The van der Waals surface area contributed by atoms with Crippen molar-refractivity contribution in [3.05, 3.63) is 47.3 Å². The summed E-state index contributed by atoms with van der Waals surface area (Å²) < 4.78 is 1.85. The Kier molecular flexibility index (Phi) is 3.99. The minimum Gasteiger partial charge on any atom is -0.381 e. The first-order valence-corrected chi connectivity index (χ1v) is 6.58. The molecule has 104 valence electrons. The molecule has 0 spiro atoms. The van der Waals surface area contributed by atoms with Crippen LogP contribution in [-0.4, -0.2) is 18.7 Å². The van der Waals surface area contributed by atoms with Gasteiger partial charge in [-0.2, -0.15) is 5.26 Å². The first-order valence-electron chi connectivity index (χ1n) is 6.58. The molecule has 0 fully saturated rings. The zero-order valence-corrected chi connectivity index (χ0v) is 12.4. The van der Waals surface area contributed by atoms with Crippen LogP contribution >= 0.6 is 0 Å². The molecule has 0 saturated carbocycles. The Hall–Kier alpha value is -2.41. The molecule has 2 aromatic rings. The molecule has 4 nitrogen and oxygen atoms in total. The quantitative estimate of drug-likeness (QED) is 0.927. The predicted molar refractivity (Wildman–Crippen MR) is 83.0 cm³/mol. The Morgan fingerprint density at radius 1 is 1.30 bits per heavy atom. The lowest BCUT2D eigenvalue weighted by Crippen LogP contribution is -2.09. The van der Waals surface area contributed by atoms with Crippen molar-refractivity contribution in [2.45, 2.75) is 13.5 Å². The average molecular weight is 268 g/mol. The molecule has 20 heavy (non-hydrogen) atoms. The number of nitriles is 1. The average Bonchev–Trinajstić information content (AvgIpc) is 2.77. The second kappa shape index (κ2) is 5.70. The lowest BCUT2D eigenvalue weighted by atomic mass is 10.1. The number of anilines is 2. The molecular formula is C16H20N4. The van der Waals surface area contributed by atoms with Crippen molar-refractivity contribution in [1.82, 2.24) is 4.57 Å². The van der Waals surface area contributed by atoms with E-state index in [0.717, 1.165) is 17.8 Å². The maximum atomic E-state index is 8.95. The van der Waals surface area contributed by atoms with Crippen molar-refractivity contribution in [2.75, 3.05) is 24.3 Å². The van der Waals surface area contributed by atoms with Gasteiger partial charge in [0.15, 0.2) is 0 Å². The minimum atomic E-state index is 0.682. The summed E-state index contributed by atoms with van der Waals surface area (Å²) in [7, 11) is 5.96. The molecule has 0 radical (unpaired) electrons. The Labute approximate surface area is 120 Å². The number of nitrogens with zero attached hydrogens (tertiary/aromatic N) is 3. The first kappa shape index (κ1) is 14.0. The van der Waals surface area contributed by atoms with Gasteiger partial charge in [-0.15, -0.1) is 0 Å². The Morgan fingerprint density at radius 2 is 2.05 bits per heavy atom. The first-order chi connectivity index (χ1) is 9.51. The molecule has 0 atom stereocenters. The monoisotopic (exact) mass is 268 g/mol.